The van der Waals surface area contributed by atoms with E-state index in [9.17, 15) is 14.4 Å². The third-order valence-electron chi connectivity index (χ3n) is 5.24. The van der Waals surface area contributed by atoms with E-state index in [0.717, 1.165) is 0 Å². The van der Waals surface area contributed by atoms with Crippen LogP contribution in [-0.4, -0.2) is 60.2 Å². The molecule has 4 rings (SSSR count). The number of nitrogens with one attached hydrogen (secondary N) is 2. The Morgan fingerprint density at radius 3 is 2.25 bits per heavy atom. The summed E-state index contributed by atoms with van der Waals surface area (Å²) in [5, 5.41) is 5.68. The first kappa shape index (κ1) is 21.3. The van der Waals surface area contributed by atoms with Crippen LogP contribution in [0.25, 0.3) is 0 Å². The molecule has 1 aromatic heterocycles. The monoisotopic (exact) mass is 432 g/mol. The molecule has 3 amide bonds. The van der Waals surface area contributed by atoms with Gasteiger partial charge in [-0.05, 0) is 36.4 Å². The maximum atomic E-state index is 12.7. The molecule has 8 heteroatoms. The third-order valence-corrected chi connectivity index (χ3v) is 5.24. The van der Waals surface area contributed by atoms with Crippen molar-refractivity contribution in [1.82, 2.24) is 9.80 Å². The van der Waals surface area contributed by atoms with Crippen LogP contribution in [0.15, 0.2) is 77.4 Å². The second-order valence-electron chi connectivity index (χ2n) is 7.46. The molecular formula is C24H24N4O4. The van der Waals surface area contributed by atoms with Gasteiger partial charge in [0.1, 0.15) is 0 Å². The van der Waals surface area contributed by atoms with Gasteiger partial charge in [0.2, 0.25) is 5.91 Å². The molecule has 0 spiro atoms. The normalized spacial score (nSPS) is 14.1. The van der Waals surface area contributed by atoms with E-state index in [4.69, 9.17) is 4.42 Å². The molecule has 8 nitrogen and oxygen atoms in total. The standard InChI is InChI=1S/C24H24N4O4/c29-22(17-27-12-14-28(15-13-27)24(31)21-11-6-16-32-21)26-20-10-5-4-9-19(20)23(30)25-18-7-2-1-3-8-18/h1-11,16H,12-15,17H2,(H,25,30)(H,26,29). The van der Waals surface area contributed by atoms with Crippen LogP contribution in [0.3, 0.4) is 0 Å². The maximum absolute atomic E-state index is 12.7. The van der Waals surface area contributed by atoms with Gasteiger partial charge in [0.15, 0.2) is 5.76 Å². The van der Waals surface area contributed by atoms with Crippen LogP contribution in [0.4, 0.5) is 11.4 Å². The lowest BCUT2D eigenvalue weighted by atomic mass is 10.1. The Labute approximate surface area is 185 Å². The molecule has 2 heterocycles. The lowest BCUT2D eigenvalue weighted by Gasteiger charge is -2.33. The fourth-order valence-electron chi connectivity index (χ4n) is 3.57. The Hall–Kier alpha value is -3.91. The number of carbonyl (C=O) groups is 3. The SMILES string of the molecule is O=C(CN1CCN(C(=O)c2ccco2)CC1)Nc1ccccc1C(=O)Nc1ccccc1. The van der Waals surface area contributed by atoms with Crippen LogP contribution in [-0.2, 0) is 4.79 Å². The van der Waals surface area contributed by atoms with E-state index in [0.29, 0.717) is 48.9 Å². The van der Waals surface area contributed by atoms with Gasteiger partial charge in [0, 0.05) is 31.9 Å². The molecule has 0 aliphatic carbocycles. The number of hydrogen-bond donors (Lipinski definition) is 2. The van der Waals surface area contributed by atoms with Crippen molar-refractivity contribution in [2.24, 2.45) is 0 Å². The van der Waals surface area contributed by atoms with Crippen molar-refractivity contribution in [3.05, 3.63) is 84.3 Å². The molecule has 1 aliphatic heterocycles. The number of carbonyl (C=O) groups excluding carboxylic acids is 3. The second-order valence-corrected chi connectivity index (χ2v) is 7.46. The number of rotatable bonds is 6. The minimum absolute atomic E-state index is 0.141. The smallest absolute Gasteiger partial charge is 0.289 e. The Kier molecular flexibility index (Phi) is 6.62. The van der Waals surface area contributed by atoms with E-state index < -0.39 is 0 Å². The van der Waals surface area contributed by atoms with Crippen LogP contribution in [0.1, 0.15) is 20.9 Å². The Morgan fingerprint density at radius 2 is 1.53 bits per heavy atom. The summed E-state index contributed by atoms with van der Waals surface area (Å²) in [4.78, 5) is 41.4. The molecule has 1 aliphatic rings. The number of piperazine rings is 1. The lowest BCUT2D eigenvalue weighted by Crippen LogP contribution is -2.50. The van der Waals surface area contributed by atoms with Gasteiger partial charge in [-0.25, -0.2) is 0 Å². The Bertz CT molecular complexity index is 1070. The zero-order valence-corrected chi connectivity index (χ0v) is 17.5. The number of anilines is 2. The number of para-hydroxylation sites is 2. The third kappa shape index (κ3) is 5.22. The van der Waals surface area contributed by atoms with Crippen LogP contribution < -0.4 is 10.6 Å². The summed E-state index contributed by atoms with van der Waals surface area (Å²) >= 11 is 0. The topological polar surface area (TPSA) is 94.9 Å². The number of nitrogens with zero attached hydrogens (tertiary/aromatic N) is 2. The van der Waals surface area contributed by atoms with E-state index in [2.05, 4.69) is 10.6 Å². The summed E-state index contributed by atoms with van der Waals surface area (Å²) in [6.45, 7) is 2.37. The molecule has 0 radical (unpaired) electrons. The molecule has 32 heavy (non-hydrogen) atoms. The summed E-state index contributed by atoms with van der Waals surface area (Å²) in [7, 11) is 0. The predicted octanol–water partition coefficient (Wildman–Crippen LogP) is 2.93. The molecule has 0 bridgehead atoms. The van der Waals surface area contributed by atoms with Crippen LogP contribution in [0, 0.1) is 0 Å². The summed E-state index contributed by atoms with van der Waals surface area (Å²) in [5.74, 6) is -0.327. The molecule has 0 atom stereocenters. The average molecular weight is 432 g/mol. The van der Waals surface area contributed by atoms with Crippen molar-refractivity contribution in [2.45, 2.75) is 0 Å². The highest BCUT2D eigenvalue weighted by molar-refractivity contribution is 6.10. The van der Waals surface area contributed by atoms with Crippen molar-refractivity contribution in [3.63, 3.8) is 0 Å². The van der Waals surface area contributed by atoms with E-state index in [1.165, 1.54) is 6.26 Å². The number of benzene rings is 2. The second kappa shape index (κ2) is 9.93. The summed E-state index contributed by atoms with van der Waals surface area (Å²) in [6.07, 6.45) is 1.48. The highest BCUT2D eigenvalue weighted by atomic mass is 16.3. The van der Waals surface area contributed by atoms with Crippen molar-refractivity contribution >= 4 is 29.1 Å². The summed E-state index contributed by atoms with van der Waals surface area (Å²) in [6, 6.07) is 19.4. The number of furan rings is 1. The van der Waals surface area contributed by atoms with E-state index >= 15 is 0 Å². The molecule has 164 valence electrons. The molecule has 3 aromatic rings. The van der Waals surface area contributed by atoms with Gasteiger partial charge >= 0.3 is 0 Å². The van der Waals surface area contributed by atoms with E-state index in [1.807, 2.05) is 23.1 Å². The quantitative estimate of drug-likeness (QED) is 0.625. The van der Waals surface area contributed by atoms with Gasteiger partial charge in [0.25, 0.3) is 11.8 Å². The van der Waals surface area contributed by atoms with Crippen LogP contribution >= 0.6 is 0 Å². The fourth-order valence-corrected chi connectivity index (χ4v) is 3.57. The summed E-state index contributed by atoms with van der Waals surface area (Å²) < 4.78 is 5.17. The van der Waals surface area contributed by atoms with Gasteiger partial charge in [-0.2, -0.15) is 0 Å². The zero-order chi connectivity index (χ0) is 22.3. The first-order valence-corrected chi connectivity index (χ1v) is 10.4. The van der Waals surface area contributed by atoms with Crippen LogP contribution in [0.2, 0.25) is 0 Å². The molecule has 0 saturated carbocycles. The molecule has 1 saturated heterocycles. The Morgan fingerprint density at radius 1 is 0.812 bits per heavy atom. The maximum Gasteiger partial charge on any atom is 0.289 e. The lowest BCUT2D eigenvalue weighted by molar-refractivity contribution is -0.117. The van der Waals surface area contributed by atoms with Crippen molar-refractivity contribution in [2.75, 3.05) is 43.4 Å². The van der Waals surface area contributed by atoms with E-state index in [-0.39, 0.29) is 24.3 Å². The molecular weight excluding hydrogens is 408 g/mol. The molecule has 0 unspecified atom stereocenters. The van der Waals surface area contributed by atoms with Crippen molar-refractivity contribution in [3.8, 4) is 0 Å². The highest BCUT2D eigenvalue weighted by Gasteiger charge is 2.25. The van der Waals surface area contributed by atoms with Gasteiger partial charge in [-0.1, -0.05) is 30.3 Å². The summed E-state index contributed by atoms with van der Waals surface area (Å²) in [5.41, 5.74) is 1.52. The fraction of sp³-hybridized carbons (Fsp3) is 0.208. The molecule has 2 aromatic carbocycles. The minimum atomic E-state index is -0.294. The average Bonchev–Trinajstić information content (AvgIpc) is 3.35. The van der Waals surface area contributed by atoms with Gasteiger partial charge in [-0.3, -0.25) is 19.3 Å². The minimum Gasteiger partial charge on any atom is -0.459 e. The van der Waals surface area contributed by atoms with Gasteiger partial charge in [-0.15, -0.1) is 0 Å². The number of hydrogen-bond acceptors (Lipinski definition) is 5. The van der Waals surface area contributed by atoms with Gasteiger partial charge < -0.3 is 20.0 Å². The first-order chi connectivity index (χ1) is 15.6. The van der Waals surface area contributed by atoms with E-state index in [1.54, 1.807) is 53.4 Å². The first-order valence-electron chi connectivity index (χ1n) is 10.4. The highest BCUT2D eigenvalue weighted by Crippen LogP contribution is 2.18. The molecule has 2 N–H and O–H groups in total. The molecule has 1 fully saturated rings. The predicted molar refractivity (Wildman–Crippen MR) is 121 cm³/mol. The zero-order valence-electron chi connectivity index (χ0n) is 17.5. The van der Waals surface area contributed by atoms with Crippen LogP contribution in [0.5, 0.6) is 0 Å². The largest absolute Gasteiger partial charge is 0.459 e. The number of amides is 3. The van der Waals surface area contributed by atoms with Crippen molar-refractivity contribution in [1.29, 1.82) is 0 Å². The van der Waals surface area contributed by atoms with Crippen molar-refractivity contribution < 1.29 is 18.8 Å². The Balaban J connectivity index is 1.31. The van der Waals surface area contributed by atoms with Gasteiger partial charge in [0.05, 0.1) is 24.1 Å².